The smallest absolute Gasteiger partial charge is 0.271 e. The van der Waals surface area contributed by atoms with Crippen LogP contribution in [-0.4, -0.2) is 20.8 Å². The summed E-state index contributed by atoms with van der Waals surface area (Å²) in [6.07, 6.45) is 1.18. The third-order valence-electron chi connectivity index (χ3n) is 3.77. The fourth-order valence-electron chi connectivity index (χ4n) is 2.35. The summed E-state index contributed by atoms with van der Waals surface area (Å²) in [6, 6.07) is 13.1. The number of H-pyrrole nitrogens is 1. The lowest BCUT2D eigenvalue weighted by Gasteiger charge is -2.08. The van der Waals surface area contributed by atoms with Gasteiger partial charge in [-0.3, -0.25) is 19.7 Å². The number of carbonyl (C=O) groups is 1. The lowest BCUT2D eigenvalue weighted by Crippen LogP contribution is -2.24. The van der Waals surface area contributed by atoms with E-state index in [2.05, 4.69) is 15.3 Å². The summed E-state index contributed by atoms with van der Waals surface area (Å²) in [6.45, 7) is 1.69. The van der Waals surface area contributed by atoms with E-state index in [4.69, 9.17) is 0 Å². The van der Waals surface area contributed by atoms with Crippen LogP contribution in [0.15, 0.2) is 59.5 Å². The van der Waals surface area contributed by atoms with Crippen molar-refractivity contribution in [3.05, 3.63) is 86.3 Å². The number of amides is 1. The number of nitro groups is 1. The predicted molar refractivity (Wildman–Crippen MR) is 96.1 cm³/mol. The highest BCUT2D eigenvalue weighted by Gasteiger charge is 2.16. The Bertz CT molecular complexity index is 1040. The van der Waals surface area contributed by atoms with Gasteiger partial charge in [0.05, 0.1) is 10.6 Å². The Kier molecular flexibility index (Phi) is 4.57. The second-order valence-electron chi connectivity index (χ2n) is 5.55. The maximum absolute atomic E-state index is 12.4. The third kappa shape index (κ3) is 3.48. The molecule has 3 aromatic rings. The van der Waals surface area contributed by atoms with Crippen molar-refractivity contribution in [1.29, 1.82) is 0 Å². The fourth-order valence-corrected chi connectivity index (χ4v) is 2.35. The van der Waals surface area contributed by atoms with Gasteiger partial charge in [-0.2, -0.15) is 0 Å². The van der Waals surface area contributed by atoms with E-state index < -0.39 is 16.4 Å². The first-order chi connectivity index (χ1) is 12.5. The Morgan fingerprint density at radius 1 is 1.19 bits per heavy atom. The molecule has 8 nitrogen and oxygen atoms in total. The van der Waals surface area contributed by atoms with Gasteiger partial charge in [-0.05, 0) is 12.5 Å². The number of hydrogen-bond acceptors (Lipinski definition) is 5. The zero-order valence-electron chi connectivity index (χ0n) is 13.7. The van der Waals surface area contributed by atoms with Gasteiger partial charge < -0.3 is 10.3 Å². The highest BCUT2D eigenvalue weighted by molar-refractivity contribution is 6.04. The van der Waals surface area contributed by atoms with Gasteiger partial charge in [0, 0.05) is 23.9 Å². The molecule has 0 spiro atoms. The summed E-state index contributed by atoms with van der Waals surface area (Å²) < 4.78 is 0. The average molecular weight is 350 g/mol. The average Bonchev–Trinajstić information content (AvgIpc) is 2.63. The van der Waals surface area contributed by atoms with Crippen LogP contribution >= 0.6 is 0 Å². The fraction of sp³-hybridized carbons (Fsp3) is 0.0556. The van der Waals surface area contributed by atoms with Crippen molar-refractivity contribution in [2.45, 2.75) is 6.92 Å². The molecule has 1 aromatic heterocycles. The Labute approximate surface area is 147 Å². The topological polar surface area (TPSA) is 118 Å². The van der Waals surface area contributed by atoms with Crippen LogP contribution in [0.3, 0.4) is 0 Å². The number of nitrogens with zero attached hydrogens (tertiary/aromatic N) is 2. The minimum absolute atomic E-state index is 0.155. The van der Waals surface area contributed by atoms with E-state index in [1.807, 2.05) is 6.07 Å². The molecule has 1 amide bonds. The van der Waals surface area contributed by atoms with Gasteiger partial charge in [0.2, 0.25) is 0 Å². The van der Waals surface area contributed by atoms with Gasteiger partial charge in [0.1, 0.15) is 11.4 Å². The lowest BCUT2D eigenvalue weighted by molar-refractivity contribution is -0.384. The van der Waals surface area contributed by atoms with Crippen molar-refractivity contribution in [3.63, 3.8) is 0 Å². The van der Waals surface area contributed by atoms with Gasteiger partial charge >= 0.3 is 0 Å². The molecule has 0 aliphatic rings. The molecular formula is C18H14N4O4. The number of non-ortho nitro benzene ring substituents is 1. The number of hydrogen-bond donors (Lipinski definition) is 2. The molecule has 0 aliphatic carbocycles. The first-order valence-corrected chi connectivity index (χ1v) is 7.67. The van der Waals surface area contributed by atoms with Crippen molar-refractivity contribution >= 4 is 17.3 Å². The summed E-state index contributed by atoms with van der Waals surface area (Å²) in [4.78, 5) is 41.6. The number of benzene rings is 2. The third-order valence-corrected chi connectivity index (χ3v) is 3.77. The Hall–Kier alpha value is -3.81. The number of carbonyl (C=O) groups excluding carboxylic acids is 1. The number of rotatable bonds is 4. The zero-order valence-corrected chi connectivity index (χ0v) is 13.7. The van der Waals surface area contributed by atoms with Gasteiger partial charge in [-0.25, -0.2) is 4.98 Å². The molecular weight excluding hydrogens is 336 g/mol. The molecule has 2 aromatic carbocycles. The molecule has 130 valence electrons. The van der Waals surface area contributed by atoms with Crippen LogP contribution in [0.1, 0.15) is 15.9 Å². The van der Waals surface area contributed by atoms with Gasteiger partial charge in [-0.1, -0.05) is 36.4 Å². The Balaban J connectivity index is 1.88. The number of nitro benzene ring substituents is 1. The molecule has 3 rings (SSSR count). The van der Waals surface area contributed by atoms with Crippen molar-refractivity contribution in [2.24, 2.45) is 0 Å². The number of aromatic nitrogens is 2. The van der Waals surface area contributed by atoms with Crippen LogP contribution in [0.25, 0.3) is 11.4 Å². The SMILES string of the molecule is Cc1ccc([N+](=O)[O-])cc1NC(=O)c1cnc(-c2ccccc2)[nH]c1=O. The molecule has 1 heterocycles. The van der Waals surface area contributed by atoms with Crippen LogP contribution in [0.2, 0.25) is 0 Å². The highest BCUT2D eigenvalue weighted by Crippen LogP contribution is 2.22. The summed E-state index contributed by atoms with van der Waals surface area (Å²) in [7, 11) is 0. The lowest BCUT2D eigenvalue weighted by atomic mass is 10.1. The van der Waals surface area contributed by atoms with Crippen LogP contribution in [-0.2, 0) is 0 Å². The molecule has 0 bridgehead atoms. The van der Waals surface area contributed by atoms with Gasteiger partial charge in [0.15, 0.2) is 0 Å². The number of anilines is 1. The maximum atomic E-state index is 12.4. The minimum Gasteiger partial charge on any atom is -0.321 e. The van der Waals surface area contributed by atoms with Crippen LogP contribution in [0, 0.1) is 17.0 Å². The molecule has 0 saturated heterocycles. The summed E-state index contributed by atoms with van der Waals surface area (Å²) in [5.74, 6) is -0.347. The van der Waals surface area contributed by atoms with Crippen molar-refractivity contribution in [2.75, 3.05) is 5.32 Å². The van der Waals surface area contributed by atoms with Crippen LogP contribution in [0.5, 0.6) is 0 Å². The molecule has 0 fully saturated rings. The van der Waals surface area contributed by atoms with Crippen molar-refractivity contribution in [1.82, 2.24) is 9.97 Å². The van der Waals surface area contributed by atoms with Crippen molar-refractivity contribution in [3.8, 4) is 11.4 Å². The first kappa shape index (κ1) is 17.0. The second-order valence-corrected chi connectivity index (χ2v) is 5.55. The maximum Gasteiger partial charge on any atom is 0.271 e. The Morgan fingerprint density at radius 3 is 2.58 bits per heavy atom. The van der Waals surface area contributed by atoms with E-state index in [0.29, 0.717) is 17.0 Å². The minimum atomic E-state index is -0.693. The molecule has 0 aliphatic heterocycles. The van der Waals surface area contributed by atoms with E-state index >= 15 is 0 Å². The van der Waals surface area contributed by atoms with E-state index in [-0.39, 0.29) is 16.9 Å². The van der Waals surface area contributed by atoms with E-state index in [1.54, 1.807) is 31.2 Å². The molecule has 0 unspecified atom stereocenters. The van der Waals surface area contributed by atoms with E-state index in [9.17, 15) is 19.7 Å². The largest absolute Gasteiger partial charge is 0.321 e. The number of aromatic amines is 1. The summed E-state index contributed by atoms with van der Waals surface area (Å²) in [5, 5.41) is 13.4. The monoisotopic (exact) mass is 350 g/mol. The summed E-state index contributed by atoms with van der Waals surface area (Å²) in [5.41, 5.74) is 0.670. The van der Waals surface area contributed by atoms with Gasteiger partial charge in [-0.15, -0.1) is 0 Å². The van der Waals surface area contributed by atoms with Crippen molar-refractivity contribution < 1.29 is 9.72 Å². The Morgan fingerprint density at radius 2 is 1.92 bits per heavy atom. The highest BCUT2D eigenvalue weighted by atomic mass is 16.6. The normalized spacial score (nSPS) is 10.3. The molecule has 0 saturated carbocycles. The molecule has 26 heavy (non-hydrogen) atoms. The molecule has 8 heteroatoms. The summed E-state index contributed by atoms with van der Waals surface area (Å²) >= 11 is 0. The number of nitrogens with one attached hydrogen (secondary N) is 2. The predicted octanol–water partition coefficient (Wildman–Crippen LogP) is 2.91. The molecule has 2 N–H and O–H groups in total. The van der Waals surface area contributed by atoms with E-state index in [0.717, 1.165) is 0 Å². The second kappa shape index (κ2) is 6.98. The quantitative estimate of drug-likeness (QED) is 0.554. The number of aryl methyl sites for hydroxylation is 1. The van der Waals surface area contributed by atoms with Gasteiger partial charge in [0.25, 0.3) is 17.2 Å². The zero-order chi connectivity index (χ0) is 18.7. The standard InChI is InChI=1S/C18H14N4O4/c1-11-7-8-13(22(25)26)9-15(11)20-17(23)14-10-19-16(21-18(14)24)12-5-3-2-4-6-12/h2-10H,1H3,(H,20,23)(H,19,21,24). The molecule has 0 radical (unpaired) electrons. The van der Waals surface area contributed by atoms with E-state index in [1.165, 1.54) is 24.4 Å². The molecule has 0 atom stereocenters. The van der Waals surface area contributed by atoms with Crippen LogP contribution in [0.4, 0.5) is 11.4 Å². The first-order valence-electron chi connectivity index (χ1n) is 7.67. The van der Waals surface area contributed by atoms with Crippen LogP contribution < -0.4 is 10.9 Å².